The number of hydrogen-bond donors (Lipinski definition) is 2. The molecular weight excluding hydrogens is 472 g/mol. The molecule has 6 rings (SSSR count). The summed E-state index contributed by atoms with van der Waals surface area (Å²) in [5, 5.41) is 4.37. The molecule has 0 aliphatic carbocycles. The number of hydrogen-bond acceptors (Lipinski definition) is 6. The Kier molecular flexibility index (Phi) is 5.95. The number of terminal acetylenes is 1. The van der Waals surface area contributed by atoms with Crippen LogP contribution in [0.1, 0.15) is 12.0 Å². The average molecular weight is 498 g/mol. The van der Waals surface area contributed by atoms with Gasteiger partial charge in [-0.3, -0.25) is 9.97 Å². The van der Waals surface area contributed by atoms with Crippen molar-refractivity contribution in [3.05, 3.63) is 72.1 Å². The molecule has 2 aliphatic rings. The van der Waals surface area contributed by atoms with E-state index in [-0.39, 0.29) is 12.1 Å². The molecule has 0 amide bonds. The molecule has 4 heterocycles. The molecule has 2 unspecified atom stereocenters. The number of aromatic nitrogens is 2. The highest BCUT2D eigenvalue weighted by molar-refractivity contribution is 6.02. The molecule has 186 valence electrons. The van der Waals surface area contributed by atoms with Crippen LogP contribution in [0, 0.1) is 24.0 Å². The highest BCUT2D eigenvalue weighted by Gasteiger charge is 2.33. The summed E-state index contributed by atoms with van der Waals surface area (Å²) in [6.07, 6.45) is 9.83. The van der Waals surface area contributed by atoms with Gasteiger partial charge in [0.1, 0.15) is 11.6 Å². The number of nitrogens with one attached hydrogen (secondary N) is 1. The minimum atomic E-state index is -0.642. The second kappa shape index (κ2) is 9.43. The molecule has 0 saturated carbocycles. The first-order valence-electron chi connectivity index (χ1n) is 12.2. The van der Waals surface area contributed by atoms with Crippen LogP contribution in [-0.4, -0.2) is 48.4 Å². The van der Waals surface area contributed by atoms with E-state index in [0.717, 1.165) is 47.7 Å². The van der Waals surface area contributed by atoms with E-state index in [2.05, 4.69) is 26.1 Å². The van der Waals surface area contributed by atoms with Crippen molar-refractivity contribution in [2.75, 3.05) is 36.9 Å². The van der Waals surface area contributed by atoms with Gasteiger partial charge in [-0.1, -0.05) is 12.0 Å². The number of nitrogens with zero attached hydrogens (tertiary/aromatic N) is 3. The summed E-state index contributed by atoms with van der Waals surface area (Å²) in [4.78, 5) is 11.4. The Bertz CT molecular complexity index is 1530. The summed E-state index contributed by atoms with van der Waals surface area (Å²) in [7, 11) is 0. The van der Waals surface area contributed by atoms with Gasteiger partial charge >= 0.3 is 0 Å². The Balaban J connectivity index is 1.56. The van der Waals surface area contributed by atoms with Crippen LogP contribution in [0.4, 0.5) is 20.2 Å². The van der Waals surface area contributed by atoms with E-state index in [4.69, 9.17) is 16.9 Å². The van der Waals surface area contributed by atoms with Gasteiger partial charge in [0.15, 0.2) is 0 Å². The molecule has 2 atom stereocenters. The van der Waals surface area contributed by atoms with E-state index in [1.54, 1.807) is 18.5 Å². The molecule has 2 saturated heterocycles. The van der Waals surface area contributed by atoms with Crippen molar-refractivity contribution >= 4 is 22.3 Å². The van der Waals surface area contributed by atoms with Crippen LogP contribution in [0.3, 0.4) is 0 Å². The summed E-state index contributed by atoms with van der Waals surface area (Å²) in [5.41, 5.74) is 11.3. The van der Waals surface area contributed by atoms with Crippen molar-refractivity contribution in [1.82, 2.24) is 15.3 Å². The van der Waals surface area contributed by atoms with Gasteiger partial charge in [0.2, 0.25) is 0 Å². The zero-order valence-electron chi connectivity index (χ0n) is 20.0. The maximum atomic E-state index is 14.3. The number of piperidine rings is 1. The van der Waals surface area contributed by atoms with E-state index < -0.39 is 11.6 Å². The first-order chi connectivity index (χ1) is 18.0. The minimum absolute atomic E-state index is 0.00983. The van der Waals surface area contributed by atoms with Gasteiger partial charge in [0.25, 0.3) is 0 Å². The quantitative estimate of drug-likeness (QED) is 0.410. The van der Waals surface area contributed by atoms with Crippen molar-refractivity contribution in [2.45, 2.75) is 18.6 Å². The van der Waals surface area contributed by atoms with Crippen LogP contribution in [0.5, 0.6) is 0 Å². The number of nitrogens with two attached hydrogens (primary N) is 1. The van der Waals surface area contributed by atoms with Crippen LogP contribution in [0.15, 0.2) is 54.9 Å². The fraction of sp³-hybridized carbons (Fsp3) is 0.241. The molecule has 2 aliphatic heterocycles. The van der Waals surface area contributed by atoms with Gasteiger partial charge < -0.3 is 20.7 Å². The lowest BCUT2D eigenvalue weighted by molar-refractivity contribution is -0.00896. The molecule has 0 spiro atoms. The average Bonchev–Trinajstić information content (AvgIpc) is 2.91. The molecule has 0 radical (unpaired) electrons. The van der Waals surface area contributed by atoms with E-state index >= 15 is 0 Å². The fourth-order valence-electron chi connectivity index (χ4n) is 5.39. The number of rotatable bonds is 3. The van der Waals surface area contributed by atoms with Gasteiger partial charge in [0.05, 0.1) is 40.9 Å². The smallest absolute Gasteiger partial charge is 0.126 e. The van der Waals surface area contributed by atoms with Gasteiger partial charge in [-0.15, -0.1) is 6.42 Å². The van der Waals surface area contributed by atoms with Gasteiger partial charge in [-0.2, -0.15) is 0 Å². The highest BCUT2D eigenvalue weighted by atomic mass is 19.1. The first-order valence-corrected chi connectivity index (χ1v) is 12.2. The highest BCUT2D eigenvalue weighted by Crippen LogP contribution is 2.40. The van der Waals surface area contributed by atoms with Gasteiger partial charge in [-0.05, 0) is 42.3 Å². The zero-order chi connectivity index (χ0) is 25.5. The molecule has 2 fully saturated rings. The first kappa shape index (κ1) is 23.3. The Labute approximate surface area is 213 Å². The molecule has 0 bridgehead atoms. The number of nitrogen functional groups attached to an aromatic ring is 1. The SMILES string of the molecule is C#Cc1ccnc(-c2ccc3ncc(-c4cc(F)cc(F)c4)c(N4CCC5NCCOC5C4)c3c2)c1N. The minimum Gasteiger partial charge on any atom is -0.396 e. The summed E-state index contributed by atoms with van der Waals surface area (Å²) < 4.78 is 34.6. The van der Waals surface area contributed by atoms with Crippen molar-refractivity contribution in [3.63, 3.8) is 0 Å². The lowest BCUT2D eigenvalue weighted by Gasteiger charge is -2.43. The van der Waals surface area contributed by atoms with Crippen LogP contribution in [0.25, 0.3) is 33.3 Å². The van der Waals surface area contributed by atoms with Crippen LogP contribution in [0.2, 0.25) is 0 Å². The molecule has 2 aromatic carbocycles. The Morgan fingerprint density at radius 3 is 2.73 bits per heavy atom. The van der Waals surface area contributed by atoms with Crippen LogP contribution >= 0.6 is 0 Å². The molecule has 2 aromatic heterocycles. The predicted molar refractivity (Wildman–Crippen MR) is 141 cm³/mol. The van der Waals surface area contributed by atoms with Crippen LogP contribution in [-0.2, 0) is 4.74 Å². The van der Waals surface area contributed by atoms with E-state index in [1.165, 1.54) is 12.1 Å². The monoisotopic (exact) mass is 497 g/mol. The Morgan fingerprint density at radius 2 is 1.92 bits per heavy atom. The third kappa shape index (κ3) is 4.26. The number of halogens is 2. The normalized spacial score (nSPS) is 19.4. The lowest BCUT2D eigenvalue weighted by Crippen LogP contribution is -2.57. The van der Waals surface area contributed by atoms with Crippen LogP contribution < -0.4 is 16.0 Å². The summed E-state index contributed by atoms with van der Waals surface area (Å²) in [5.74, 6) is 1.31. The van der Waals surface area contributed by atoms with Crippen molar-refractivity contribution in [2.24, 2.45) is 0 Å². The second-order valence-corrected chi connectivity index (χ2v) is 9.38. The Morgan fingerprint density at radius 1 is 1.08 bits per heavy atom. The molecule has 6 nitrogen and oxygen atoms in total. The number of morpholine rings is 1. The number of ether oxygens (including phenoxy) is 1. The van der Waals surface area contributed by atoms with Crippen molar-refractivity contribution < 1.29 is 13.5 Å². The third-order valence-corrected chi connectivity index (χ3v) is 7.15. The van der Waals surface area contributed by atoms with Crippen molar-refractivity contribution in [1.29, 1.82) is 0 Å². The second-order valence-electron chi connectivity index (χ2n) is 9.38. The number of fused-ring (bicyclic) bond motifs is 2. The zero-order valence-corrected chi connectivity index (χ0v) is 20.0. The number of anilines is 2. The number of benzene rings is 2. The predicted octanol–water partition coefficient (Wildman–Crippen LogP) is 4.37. The van der Waals surface area contributed by atoms with Gasteiger partial charge in [0, 0.05) is 60.6 Å². The number of pyridine rings is 2. The summed E-state index contributed by atoms with van der Waals surface area (Å²) in [6, 6.07) is 11.3. The van der Waals surface area contributed by atoms with E-state index in [1.807, 2.05) is 18.2 Å². The fourth-order valence-corrected chi connectivity index (χ4v) is 5.39. The molecule has 37 heavy (non-hydrogen) atoms. The topological polar surface area (TPSA) is 76.3 Å². The third-order valence-electron chi connectivity index (χ3n) is 7.15. The van der Waals surface area contributed by atoms with E-state index in [0.29, 0.717) is 41.2 Å². The largest absolute Gasteiger partial charge is 0.396 e. The van der Waals surface area contributed by atoms with E-state index in [9.17, 15) is 8.78 Å². The van der Waals surface area contributed by atoms with Gasteiger partial charge in [-0.25, -0.2) is 8.78 Å². The Hall–Kier alpha value is -4.06. The molecule has 3 N–H and O–H groups in total. The molecular formula is C29H25F2N5O. The maximum Gasteiger partial charge on any atom is 0.126 e. The summed E-state index contributed by atoms with van der Waals surface area (Å²) >= 11 is 0. The molecule has 4 aromatic rings. The standard InChI is InChI=1S/C29H25F2N5O/c1-2-17-5-7-34-28(27(17)32)18-3-4-24-22(13-18)29(36-9-6-25-26(16-36)37-10-8-33-25)23(15-35-24)19-11-20(30)14-21(31)12-19/h1,3-5,7,11-15,25-26,33H,6,8-10,16,32H2. The summed E-state index contributed by atoms with van der Waals surface area (Å²) in [6.45, 7) is 2.87. The van der Waals surface area contributed by atoms with Crippen molar-refractivity contribution in [3.8, 4) is 34.7 Å². The lowest BCUT2D eigenvalue weighted by atomic mass is 9.95. The maximum absolute atomic E-state index is 14.3. The molecule has 8 heteroatoms.